The molecule has 3 rings (SSSR count). The smallest absolute Gasteiger partial charge is 0.294 e. The number of benzene rings is 2. The number of halogens is 1. The first-order valence-electron chi connectivity index (χ1n) is 6.58. The minimum absolute atomic E-state index is 0.123. The standard InChI is InChI=1S/C16H12FN3O2/c17-12-6-8-13(9-7-12)20-16(22)14(10-18-20)19-15(21)11-4-2-1-3-5-11/h1-10,18H,(H,19,21). The molecule has 6 heteroatoms. The number of amides is 1. The number of rotatable bonds is 3. The van der Waals surface area contributed by atoms with Gasteiger partial charge in [-0.1, -0.05) is 18.2 Å². The van der Waals surface area contributed by atoms with Crippen LogP contribution in [-0.2, 0) is 0 Å². The molecular weight excluding hydrogens is 285 g/mol. The lowest BCUT2D eigenvalue weighted by molar-refractivity contribution is 0.102. The van der Waals surface area contributed by atoms with Crippen molar-refractivity contribution in [1.29, 1.82) is 0 Å². The van der Waals surface area contributed by atoms with E-state index in [9.17, 15) is 14.0 Å². The number of carbonyl (C=O) groups excluding carboxylic acids is 1. The molecule has 0 bridgehead atoms. The monoisotopic (exact) mass is 297 g/mol. The Morgan fingerprint density at radius 3 is 2.41 bits per heavy atom. The van der Waals surface area contributed by atoms with E-state index in [2.05, 4.69) is 10.4 Å². The maximum atomic E-state index is 12.9. The number of hydrogen-bond acceptors (Lipinski definition) is 2. The van der Waals surface area contributed by atoms with Gasteiger partial charge in [0.25, 0.3) is 11.5 Å². The maximum absolute atomic E-state index is 12.9. The quantitative estimate of drug-likeness (QED) is 0.780. The first-order valence-corrected chi connectivity index (χ1v) is 6.58. The minimum atomic E-state index is -0.420. The van der Waals surface area contributed by atoms with Gasteiger partial charge in [-0.25, -0.2) is 9.07 Å². The summed E-state index contributed by atoms with van der Waals surface area (Å²) in [6, 6.07) is 14.0. The summed E-state index contributed by atoms with van der Waals surface area (Å²) in [4.78, 5) is 24.3. The van der Waals surface area contributed by atoms with Gasteiger partial charge < -0.3 is 5.32 Å². The van der Waals surface area contributed by atoms with E-state index in [1.165, 1.54) is 35.1 Å². The summed E-state index contributed by atoms with van der Waals surface area (Å²) in [5.74, 6) is -0.760. The van der Waals surface area contributed by atoms with Crippen molar-refractivity contribution in [3.63, 3.8) is 0 Å². The van der Waals surface area contributed by atoms with E-state index in [0.29, 0.717) is 11.3 Å². The van der Waals surface area contributed by atoms with Crippen LogP contribution in [-0.4, -0.2) is 15.7 Å². The lowest BCUT2D eigenvalue weighted by Crippen LogP contribution is -2.21. The van der Waals surface area contributed by atoms with Crippen molar-refractivity contribution in [2.75, 3.05) is 5.32 Å². The number of aromatic nitrogens is 2. The van der Waals surface area contributed by atoms with Crippen LogP contribution >= 0.6 is 0 Å². The van der Waals surface area contributed by atoms with Gasteiger partial charge in [-0.05, 0) is 36.4 Å². The normalized spacial score (nSPS) is 10.4. The molecule has 110 valence electrons. The Kier molecular flexibility index (Phi) is 3.57. The maximum Gasteiger partial charge on any atom is 0.294 e. The zero-order chi connectivity index (χ0) is 15.5. The number of aromatic amines is 1. The number of H-pyrrole nitrogens is 1. The van der Waals surface area contributed by atoms with Crippen LogP contribution in [0.5, 0.6) is 0 Å². The highest BCUT2D eigenvalue weighted by Crippen LogP contribution is 2.09. The largest absolute Gasteiger partial charge is 0.316 e. The van der Waals surface area contributed by atoms with Crippen LogP contribution in [0.2, 0.25) is 0 Å². The van der Waals surface area contributed by atoms with Crippen molar-refractivity contribution in [1.82, 2.24) is 9.78 Å². The summed E-state index contributed by atoms with van der Waals surface area (Å²) in [5, 5.41) is 5.28. The lowest BCUT2D eigenvalue weighted by Gasteiger charge is -2.02. The fourth-order valence-corrected chi connectivity index (χ4v) is 2.03. The van der Waals surface area contributed by atoms with Crippen molar-refractivity contribution in [2.45, 2.75) is 0 Å². The molecule has 22 heavy (non-hydrogen) atoms. The third-order valence-corrected chi connectivity index (χ3v) is 3.14. The highest BCUT2D eigenvalue weighted by Gasteiger charge is 2.12. The molecule has 0 atom stereocenters. The van der Waals surface area contributed by atoms with Crippen LogP contribution in [0.3, 0.4) is 0 Å². The summed E-state index contributed by atoms with van der Waals surface area (Å²) in [5.41, 5.74) is 0.636. The molecule has 0 aliphatic carbocycles. The average Bonchev–Trinajstić information content (AvgIpc) is 2.90. The van der Waals surface area contributed by atoms with Crippen LogP contribution in [0.15, 0.2) is 65.6 Å². The molecule has 0 unspecified atom stereocenters. The molecule has 0 saturated heterocycles. The molecule has 1 heterocycles. The van der Waals surface area contributed by atoms with Crippen LogP contribution in [0, 0.1) is 5.82 Å². The van der Waals surface area contributed by atoms with Gasteiger partial charge in [-0.3, -0.25) is 14.7 Å². The fraction of sp³-hybridized carbons (Fsp3) is 0. The van der Waals surface area contributed by atoms with Crippen LogP contribution < -0.4 is 10.9 Å². The van der Waals surface area contributed by atoms with Gasteiger partial charge in [0.1, 0.15) is 11.5 Å². The molecule has 1 aromatic heterocycles. The lowest BCUT2D eigenvalue weighted by atomic mass is 10.2. The second kappa shape index (κ2) is 5.69. The van der Waals surface area contributed by atoms with Gasteiger partial charge in [0, 0.05) is 11.8 Å². The van der Waals surface area contributed by atoms with Crippen molar-refractivity contribution < 1.29 is 9.18 Å². The minimum Gasteiger partial charge on any atom is -0.316 e. The van der Waals surface area contributed by atoms with E-state index in [-0.39, 0.29) is 17.4 Å². The molecule has 0 aliphatic heterocycles. The predicted molar refractivity (Wildman–Crippen MR) is 80.7 cm³/mol. The fourth-order valence-electron chi connectivity index (χ4n) is 2.03. The summed E-state index contributed by atoms with van der Waals surface area (Å²) >= 11 is 0. The zero-order valence-electron chi connectivity index (χ0n) is 11.4. The third-order valence-electron chi connectivity index (χ3n) is 3.14. The average molecular weight is 297 g/mol. The number of hydrogen-bond donors (Lipinski definition) is 2. The molecule has 0 fully saturated rings. The van der Waals surface area contributed by atoms with E-state index >= 15 is 0 Å². The Morgan fingerprint density at radius 1 is 1.05 bits per heavy atom. The van der Waals surface area contributed by atoms with E-state index in [1.807, 2.05) is 0 Å². The molecule has 0 aliphatic rings. The number of nitrogens with one attached hydrogen (secondary N) is 2. The summed E-state index contributed by atoms with van der Waals surface area (Å²) in [7, 11) is 0. The van der Waals surface area contributed by atoms with Crippen molar-refractivity contribution in [3.05, 3.63) is 82.5 Å². The zero-order valence-corrected chi connectivity index (χ0v) is 11.4. The van der Waals surface area contributed by atoms with Gasteiger partial charge >= 0.3 is 0 Å². The Morgan fingerprint density at radius 2 is 1.73 bits per heavy atom. The highest BCUT2D eigenvalue weighted by atomic mass is 19.1. The molecule has 1 amide bonds. The van der Waals surface area contributed by atoms with Gasteiger partial charge in [0.2, 0.25) is 0 Å². The Bertz CT molecular complexity index is 851. The number of nitrogens with zero attached hydrogens (tertiary/aromatic N) is 1. The Hall–Kier alpha value is -3.15. The topological polar surface area (TPSA) is 66.9 Å². The third kappa shape index (κ3) is 2.67. The van der Waals surface area contributed by atoms with Crippen molar-refractivity contribution >= 4 is 11.6 Å². The van der Waals surface area contributed by atoms with Gasteiger partial charge in [-0.15, -0.1) is 0 Å². The van der Waals surface area contributed by atoms with Gasteiger partial charge in [-0.2, -0.15) is 0 Å². The van der Waals surface area contributed by atoms with E-state index in [1.54, 1.807) is 30.3 Å². The van der Waals surface area contributed by atoms with Crippen LogP contribution in [0.25, 0.3) is 5.69 Å². The first kappa shape index (κ1) is 13.8. The van der Waals surface area contributed by atoms with Gasteiger partial charge in [0.05, 0.1) is 5.69 Å². The van der Waals surface area contributed by atoms with Crippen LogP contribution in [0.4, 0.5) is 10.1 Å². The molecule has 0 radical (unpaired) electrons. The summed E-state index contributed by atoms with van der Waals surface area (Å²) < 4.78 is 14.1. The van der Waals surface area contributed by atoms with Crippen molar-refractivity contribution in [2.24, 2.45) is 0 Å². The molecule has 0 spiro atoms. The Labute approximate surface area is 125 Å². The summed E-state index contributed by atoms with van der Waals surface area (Å²) in [6.45, 7) is 0. The molecule has 2 N–H and O–H groups in total. The molecule has 3 aromatic rings. The van der Waals surface area contributed by atoms with E-state index in [4.69, 9.17) is 0 Å². The van der Waals surface area contributed by atoms with E-state index in [0.717, 1.165) is 0 Å². The highest BCUT2D eigenvalue weighted by molar-refractivity contribution is 6.04. The second-order valence-corrected chi connectivity index (χ2v) is 4.62. The number of carbonyl (C=O) groups is 1. The predicted octanol–water partition coefficient (Wildman–Crippen LogP) is 2.56. The van der Waals surface area contributed by atoms with Crippen LogP contribution in [0.1, 0.15) is 10.4 Å². The Balaban J connectivity index is 1.86. The summed E-state index contributed by atoms with van der Waals surface area (Å²) in [6.07, 6.45) is 1.40. The van der Waals surface area contributed by atoms with E-state index < -0.39 is 5.56 Å². The second-order valence-electron chi connectivity index (χ2n) is 4.62. The van der Waals surface area contributed by atoms with Crippen molar-refractivity contribution in [3.8, 4) is 5.69 Å². The SMILES string of the molecule is O=C(Nc1c[nH]n(-c2ccc(F)cc2)c1=O)c1ccccc1. The molecule has 0 saturated carbocycles. The number of anilines is 1. The molecule has 5 nitrogen and oxygen atoms in total. The van der Waals surface area contributed by atoms with Gasteiger partial charge in [0.15, 0.2) is 0 Å². The first-order chi connectivity index (χ1) is 10.6. The molecule has 2 aromatic carbocycles. The molecular formula is C16H12FN3O2.